The quantitative estimate of drug-likeness (QED) is 0.599. The summed E-state index contributed by atoms with van der Waals surface area (Å²) in [4.78, 5) is 0. The van der Waals surface area contributed by atoms with Crippen molar-refractivity contribution in [1.29, 1.82) is 0 Å². The summed E-state index contributed by atoms with van der Waals surface area (Å²) < 4.78 is 5.27. The van der Waals surface area contributed by atoms with Gasteiger partial charge in [0.05, 0.1) is 7.11 Å². The predicted molar refractivity (Wildman–Crippen MR) is 87.1 cm³/mol. The third-order valence-electron chi connectivity index (χ3n) is 3.94. The molecule has 0 amide bonds. The van der Waals surface area contributed by atoms with E-state index in [1.165, 1.54) is 37.7 Å². The van der Waals surface area contributed by atoms with E-state index >= 15 is 0 Å². The molecule has 0 saturated heterocycles. The van der Waals surface area contributed by atoms with Gasteiger partial charge in [-0.05, 0) is 37.0 Å². The number of nitrogens with two attached hydrogens (primary N) is 1. The van der Waals surface area contributed by atoms with E-state index in [2.05, 4.69) is 29.3 Å². The molecule has 1 aromatic rings. The minimum Gasteiger partial charge on any atom is -0.497 e. The Morgan fingerprint density at radius 2 is 2.15 bits per heavy atom. The van der Waals surface area contributed by atoms with Gasteiger partial charge in [-0.25, -0.2) is 0 Å². The highest BCUT2D eigenvalue weighted by Crippen LogP contribution is 2.28. The number of thioether (sulfide) groups is 1. The van der Waals surface area contributed by atoms with Crippen LogP contribution in [-0.4, -0.2) is 24.2 Å². The van der Waals surface area contributed by atoms with Crippen LogP contribution in [0.4, 0.5) is 0 Å². The van der Waals surface area contributed by atoms with Crippen LogP contribution in [0.1, 0.15) is 37.7 Å². The first-order chi connectivity index (χ1) is 9.81. The Morgan fingerprint density at radius 3 is 2.85 bits per heavy atom. The lowest BCUT2D eigenvalue weighted by molar-refractivity contribution is 0.414. The molecule has 1 atom stereocenters. The van der Waals surface area contributed by atoms with Crippen LogP contribution in [0.25, 0.3) is 0 Å². The highest BCUT2D eigenvalue weighted by molar-refractivity contribution is 7.99. The molecule has 1 saturated carbocycles. The van der Waals surface area contributed by atoms with Gasteiger partial charge in [0.15, 0.2) is 0 Å². The number of nitrogens with one attached hydrogen (secondary N) is 1. The van der Waals surface area contributed by atoms with E-state index in [0.717, 1.165) is 23.2 Å². The Labute approximate surface area is 126 Å². The molecule has 1 fully saturated rings. The second-order valence-electron chi connectivity index (χ2n) is 5.51. The fourth-order valence-corrected chi connectivity index (χ4v) is 4.12. The Morgan fingerprint density at radius 1 is 1.35 bits per heavy atom. The van der Waals surface area contributed by atoms with Gasteiger partial charge >= 0.3 is 0 Å². The van der Waals surface area contributed by atoms with Crippen molar-refractivity contribution < 1.29 is 4.74 Å². The van der Waals surface area contributed by atoms with Crippen molar-refractivity contribution >= 4 is 11.8 Å². The number of hydrogen-bond donors (Lipinski definition) is 2. The monoisotopic (exact) mass is 294 g/mol. The van der Waals surface area contributed by atoms with Crippen molar-refractivity contribution in [3.05, 3.63) is 29.8 Å². The van der Waals surface area contributed by atoms with Gasteiger partial charge in [0.25, 0.3) is 0 Å². The first-order valence-electron chi connectivity index (χ1n) is 7.52. The molecule has 1 aromatic carbocycles. The summed E-state index contributed by atoms with van der Waals surface area (Å²) in [5.41, 5.74) is 4.24. The number of rotatable bonds is 7. The SMILES string of the molecule is COc1cccc(CC(CSC2CCCCC2)NN)c1. The molecule has 0 bridgehead atoms. The molecule has 112 valence electrons. The molecule has 4 heteroatoms. The molecule has 20 heavy (non-hydrogen) atoms. The minimum atomic E-state index is 0.328. The zero-order chi connectivity index (χ0) is 14.2. The lowest BCUT2D eigenvalue weighted by Gasteiger charge is -2.23. The molecule has 0 radical (unpaired) electrons. The van der Waals surface area contributed by atoms with Crippen LogP contribution in [0.3, 0.4) is 0 Å². The van der Waals surface area contributed by atoms with Crippen LogP contribution in [0.5, 0.6) is 5.75 Å². The van der Waals surface area contributed by atoms with Crippen molar-refractivity contribution in [1.82, 2.24) is 5.43 Å². The first kappa shape index (κ1) is 15.7. The maximum atomic E-state index is 5.71. The topological polar surface area (TPSA) is 47.3 Å². The van der Waals surface area contributed by atoms with Crippen LogP contribution in [0.2, 0.25) is 0 Å². The molecule has 1 aliphatic rings. The maximum Gasteiger partial charge on any atom is 0.119 e. The first-order valence-corrected chi connectivity index (χ1v) is 8.57. The number of ether oxygens (including phenoxy) is 1. The fraction of sp³-hybridized carbons (Fsp3) is 0.625. The Hall–Kier alpha value is -0.710. The summed E-state index contributed by atoms with van der Waals surface area (Å²) in [6.45, 7) is 0. The van der Waals surface area contributed by atoms with Crippen molar-refractivity contribution in [3.63, 3.8) is 0 Å². The van der Waals surface area contributed by atoms with Gasteiger partial charge in [-0.2, -0.15) is 11.8 Å². The average molecular weight is 294 g/mol. The van der Waals surface area contributed by atoms with E-state index in [9.17, 15) is 0 Å². The van der Waals surface area contributed by atoms with Crippen molar-refractivity contribution in [2.75, 3.05) is 12.9 Å². The normalized spacial score (nSPS) is 17.9. The zero-order valence-corrected chi connectivity index (χ0v) is 13.1. The van der Waals surface area contributed by atoms with Gasteiger partial charge in [-0.3, -0.25) is 11.3 Å². The van der Waals surface area contributed by atoms with Gasteiger partial charge in [0.2, 0.25) is 0 Å². The van der Waals surface area contributed by atoms with Gasteiger partial charge < -0.3 is 4.74 Å². The van der Waals surface area contributed by atoms with Crippen LogP contribution in [-0.2, 0) is 6.42 Å². The van der Waals surface area contributed by atoms with Crippen LogP contribution < -0.4 is 16.0 Å². The predicted octanol–water partition coefficient (Wildman–Crippen LogP) is 3.14. The highest BCUT2D eigenvalue weighted by atomic mass is 32.2. The number of hydrazine groups is 1. The van der Waals surface area contributed by atoms with E-state index in [1.807, 2.05) is 12.1 Å². The molecule has 3 N–H and O–H groups in total. The van der Waals surface area contributed by atoms with E-state index in [4.69, 9.17) is 10.6 Å². The van der Waals surface area contributed by atoms with Gasteiger partial charge in [-0.15, -0.1) is 0 Å². The third-order valence-corrected chi connectivity index (χ3v) is 5.47. The smallest absolute Gasteiger partial charge is 0.119 e. The summed E-state index contributed by atoms with van der Waals surface area (Å²) in [6, 6.07) is 8.57. The largest absolute Gasteiger partial charge is 0.497 e. The Kier molecular flexibility index (Phi) is 6.70. The summed E-state index contributed by atoms with van der Waals surface area (Å²) in [5.74, 6) is 7.71. The molecule has 1 unspecified atom stereocenters. The van der Waals surface area contributed by atoms with Crippen molar-refractivity contribution in [2.24, 2.45) is 5.84 Å². The molecular weight excluding hydrogens is 268 g/mol. The molecule has 0 heterocycles. The van der Waals surface area contributed by atoms with Crippen LogP contribution in [0.15, 0.2) is 24.3 Å². The maximum absolute atomic E-state index is 5.71. The molecule has 2 rings (SSSR count). The number of hydrogen-bond acceptors (Lipinski definition) is 4. The highest BCUT2D eigenvalue weighted by Gasteiger charge is 2.16. The van der Waals surface area contributed by atoms with E-state index in [1.54, 1.807) is 7.11 Å². The summed E-state index contributed by atoms with van der Waals surface area (Å²) >= 11 is 2.09. The molecule has 3 nitrogen and oxygen atoms in total. The van der Waals surface area contributed by atoms with E-state index in [-0.39, 0.29) is 0 Å². The average Bonchev–Trinajstić information content (AvgIpc) is 2.52. The summed E-state index contributed by atoms with van der Waals surface area (Å²) in [6.07, 6.45) is 7.91. The lowest BCUT2D eigenvalue weighted by Crippen LogP contribution is -2.39. The van der Waals surface area contributed by atoms with E-state index < -0.39 is 0 Å². The van der Waals surface area contributed by atoms with Crippen LogP contribution in [0, 0.1) is 0 Å². The molecule has 1 aliphatic carbocycles. The summed E-state index contributed by atoms with van der Waals surface area (Å²) in [5, 5.41) is 0.838. The third kappa shape index (κ3) is 5.00. The Bertz CT molecular complexity index is 394. The van der Waals surface area contributed by atoms with Crippen molar-refractivity contribution in [3.8, 4) is 5.75 Å². The van der Waals surface area contributed by atoms with Gasteiger partial charge in [0, 0.05) is 17.0 Å². The minimum absolute atomic E-state index is 0.328. The van der Waals surface area contributed by atoms with Crippen LogP contribution >= 0.6 is 11.8 Å². The summed E-state index contributed by atoms with van der Waals surface area (Å²) in [7, 11) is 1.71. The fourth-order valence-electron chi connectivity index (χ4n) is 2.73. The standard InChI is InChI=1S/C16H26N2OS/c1-19-15-7-5-6-13(11-15)10-14(18-17)12-20-16-8-3-2-4-9-16/h5-7,11,14,16,18H,2-4,8-10,12,17H2,1H3. The number of methoxy groups -OCH3 is 1. The van der Waals surface area contributed by atoms with Crippen molar-refractivity contribution in [2.45, 2.75) is 49.8 Å². The molecule has 0 aromatic heterocycles. The molecular formula is C16H26N2OS. The molecule has 0 aliphatic heterocycles. The van der Waals surface area contributed by atoms with Gasteiger partial charge in [0.1, 0.15) is 5.75 Å². The zero-order valence-electron chi connectivity index (χ0n) is 12.3. The van der Waals surface area contributed by atoms with E-state index in [0.29, 0.717) is 6.04 Å². The Balaban J connectivity index is 1.81. The molecule has 0 spiro atoms. The number of benzene rings is 1. The second kappa shape index (κ2) is 8.55. The second-order valence-corrected chi connectivity index (χ2v) is 6.85. The van der Waals surface area contributed by atoms with Gasteiger partial charge in [-0.1, -0.05) is 31.4 Å². The lowest BCUT2D eigenvalue weighted by atomic mass is 10.0.